The SMILES string of the molecule is [C]1=CN=S(Cc2ccccc2)N1. The molecule has 0 fully saturated rings. The molecule has 12 heavy (non-hydrogen) atoms. The Bertz CT molecular complexity index is 317. The molecule has 0 saturated carbocycles. The highest BCUT2D eigenvalue weighted by Gasteiger charge is 1.99. The van der Waals surface area contributed by atoms with Gasteiger partial charge in [-0.2, -0.15) is 0 Å². The van der Waals surface area contributed by atoms with Crippen LogP contribution in [-0.4, -0.2) is 0 Å². The Balaban J connectivity index is 2.05. The third-order valence-corrected chi connectivity index (χ3v) is 2.89. The normalized spacial score (nSPS) is 20.2. The second kappa shape index (κ2) is 3.54. The van der Waals surface area contributed by atoms with Crippen molar-refractivity contribution in [2.75, 3.05) is 0 Å². The van der Waals surface area contributed by atoms with Crippen LogP contribution < -0.4 is 4.72 Å². The summed E-state index contributed by atoms with van der Waals surface area (Å²) in [6.07, 6.45) is 4.56. The summed E-state index contributed by atoms with van der Waals surface area (Å²) in [5.74, 6) is 0.963. The Hall–Kier alpha value is -1.09. The molecule has 1 unspecified atom stereocenters. The van der Waals surface area contributed by atoms with Crippen LogP contribution >= 0.6 is 0 Å². The number of benzene rings is 1. The second-order valence-electron chi connectivity index (χ2n) is 2.48. The molecule has 1 heterocycles. The molecule has 2 nitrogen and oxygen atoms in total. The van der Waals surface area contributed by atoms with Crippen LogP contribution in [0.4, 0.5) is 0 Å². The molecule has 3 heteroatoms. The van der Waals surface area contributed by atoms with E-state index in [9.17, 15) is 0 Å². The van der Waals surface area contributed by atoms with Gasteiger partial charge in [0.1, 0.15) is 0 Å². The van der Waals surface area contributed by atoms with Gasteiger partial charge in [-0.3, -0.25) is 0 Å². The van der Waals surface area contributed by atoms with Crippen LogP contribution in [0.25, 0.3) is 0 Å². The molecule has 1 aliphatic heterocycles. The van der Waals surface area contributed by atoms with E-state index in [2.05, 4.69) is 27.4 Å². The maximum atomic E-state index is 4.21. The van der Waals surface area contributed by atoms with Gasteiger partial charge in [0.05, 0.1) is 12.4 Å². The Morgan fingerprint density at radius 3 is 2.83 bits per heavy atom. The molecular weight excluding hydrogens is 168 g/mol. The summed E-state index contributed by atoms with van der Waals surface area (Å²) in [5, 5.41) is 0. The highest BCUT2D eigenvalue weighted by molar-refractivity contribution is 7.84. The summed E-state index contributed by atoms with van der Waals surface area (Å²) >= 11 is 0. The van der Waals surface area contributed by atoms with E-state index in [4.69, 9.17) is 0 Å². The average molecular weight is 177 g/mol. The minimum atomic E-state index is -0.0699. The van der Waals surface area contributed by atoms with E-state index < -0.39 is 0 Å². The quantitative estimate of drug-likeness (QED) is 0.731. The fourth-order valence-electron chi connectivity index (χ4n) is 1.02. The monoisotopic (exact) mass is 177 g/mol. The zero-order chi connectivity index (χ0) is 8.23. The topological polar surface area (TPSA) is 24.4 Å². The first-order chi connectivity index (χ1) is 5.95. The summed E-state index contributed by atoms with van der Waals surface area (Å²) in [6, 6.07) is 10.3. The first-order valence-electron chi connectivity index (χ1n) is 3.74. The lowest BCUT2D eigenvalue weighted by Gasteiger charge is -2.01. The summed E-state index contributed by atoms with van der Waals surface area (Å²) < 4.78 is 7.27. The number of nitrogens with one attached hydrogen (secondary N) is 1. The van der Waals surface area contributed by atoms with Crippen molar-refractivity contribution in [3.05, 3.63) is 48.3 Å². The Morgan fingerprint density at radius 1 is 1.33 bits per heavy atom. The molecule has 1 radical (unpaired) electrons. The van der Waals surface area contributed by atoms with Crippen LogP contribution in [0.2, 0.25) is 0 Å². The van der Waals surface area contributed by atoms with Crippen molar-refractivity contribution >= 4 is 10.9 Å². The number of hydrogen-bond acceptors (Lipinski definition) is 2. The maximum Gasteiger partial charge on any atom is 0.0899 e. The second-order valence-corrected chi connectivity index (χ2v) is 3.91. The van der Waals surface area contributed by atoms with E-state index in [0.29, 0.717) is 0 Å². The van der Waals surface area contributed by atoms with Gasteiger partial charge in [-0.25, -0.2) is 4.36 Å². The molecule has 2 rings (SSSR count). The molecule has 1 aliphatic rings. The van der Waals surface area contributed by atoms with Crippen molar-refractivity contribution in [1.82, 2.24) is 4.72 Å². The summed E-state index contributed by atoms with van der Waals surface area (Å²) in [7, 11) is -0.0699. The zero-order valence-corrected chi connectivity index (χ0v) is 7.34. The largest absolute Gasteiger partial charge is 0.318 e. The Kier molecular flexibility index (Phi) is 2.23. The Labute approximate surface area is 74.5 Å². The molecule has 61 valence electrons. The summed E-state index contributed by atoms with van der Waals surface area (Å²) in [5.41, 5.74) is 1.31. The van der Waals surface area contributed by atoms with Crippen molar-refractivity contribution in [2.24, 2.45) is 4.36 Å². The lowest BCUT2D eigenvalue weighted by Crippen LogP contribution is -2.07. The van der Waals surface area contributed by atoms with E-state index in [1.807, 2.05) is 18.2 Å². The third-order valence-electron chi connectivity index (χ3n) is 1.57. The smallest absolute Gasteiger partial charge is 0.0899 e. The van der Waals surface area contributed by atoms with E-state index in [-0.39, 0.29) is 10.9 Å². The van der Waals surface area contributed by atoms with Crippen molar-refractivity contribution < 1.29 is 0 Å². The lowest BCUT2D eigenvalue weighted by atomic mass is 10.2. The predicted octanol–water partition coefficient (Wildman–Crippen LogP) is 1.78. The van der Waals surface area contributed by atoms with Crippen LogP contribution in [0, 0.1) is 6.20 Å². The van der Waals surface area contributed by atoms with E-state index in [1.165, 1.54) is 5.56 Å². The van der Waals surface area contributed by atoms with Gasteiger partial charge in [-0.1, -0.05) is 30.3 Å². The standard InChI is InChI=1S/C9H9N2S/c1-2-4-9(5-3-1)8-12-10-6-7-11-12/h1-6H,8H2,(H,10,11). The van der Waals surface area contributed by atoms with Crippen molar-refractivity contribution in [1.29, 1.82) is 0 Å². The molecule has 0 aromatic heterocycles. The molecule has 1 N–H and O–H groups in total. The van der Waals surface area contributed by atoms with Gasteiger partial charge >= 0.3 is 0 Å². The fourth-order valence-corrected chi connectivity index (χ4v) is 2.09. The van der Waals surface area contributed by atoms with Gasteiger partial charge in [-0.15, -0.1) is 0 Å². The number of rotatable bonds is 2. The lowest BCUT2D eigenvalue weighted by molar-refractivity contribution is 1.32. The fraction of sp³-hybridized carbons (Fsp3) is 0.111. The zero-order valence-electron chi connectivity index (χ0n) is 6.53. The summed E-state index contributed by atoms with van der Waals surface area (Å²) in [6.45, 7) is 0. The molecule has 0 saturated heterocycles. The van der Waals surface area contributed by atoms with Gasteiger partial charge in [0.15, 0.2) is 0 Å². The predicted molar refractivity (Wildman–Crippen MR) is 50.9 cm³/mol. The molecular formula is C9H9N2S. The van der Waals surface area contributed by atoms with Crippen LogP contribution in [-0.2, 0) is 16.6 Å². The van der Waals surface area contributed by atoms with Crippen LogP contribution in [0.15, 0.2) is 40.9 Å². The maximum absolute atomic E-state index is 4.21. The van der Waals surface area contributed by atoms with Crippen LogP contribution in [0.5, 0.6) is 0 Å². The van der Waals surface area contributed by atoms with Gasteiger partial charge < -0.3 is 4.72 Å². The molecule has 0 amide bonds. The molecule has 1 aromatic carbocycles. The van der Waals surface area contributed by atoms with E-state index in [0.717, 1.165) is 5.75 Å². The minimum Gasteiger partial charge on any atom is -0.318 e. The van der Waals surface area contributed by atoms with Gasteiger partial charge in [-0.05, 0) is 5.56 Å². The average Bonchev–Trinajstić information content (AvgIpc) is 2.59. The molecule has 0 bridgehead atoms. The Morgan fingerprint density at radius 2 is 2.17 bits per heavy atom. The van der Waals surface area contributed by atoms with Crippen LogP contribution in [0.1, 0.15) is 5.56 Å². The van der Waals surface area contributed by atoms with E-state index >= 15 is 0 Å². The first-order valence-corrected chi connectivity index (χ1v) is 5.09. The van der Waals surface area contributed by atoms with Gasteiger partial charge in [0.25, 0.3) is 0 Å². The van der Waals surface area contributed by atoms with Gasteiger partial charge in [0, 0.05) is 16.6 Å². The molecule has 0 spiro atoms. The van der Waals surface area contributed by atoms with Crippen molar-refractivity contribution in [2.45, 2.75) is 5.75 Å². The third kappa shape index (κ3) is 1.74. The minimum absolute atomic E-state index is 0.0699. The molecule has 1 aromatic rings. The summed E-state index contributed by atoms with van der Waals surface area (Å²) in [4.78, 5) is 0. The molecule has 0 aliphatic carbocycles. The highest BCUT2D eigenvalue weighted by Crippen LogP contribution is 2.05. The number of nitrogens with zero attached hydrogens (tertiary/aromatic N) is 1. The first kappa shape index (κ1) is 7.55. The molecule has 1 atom stereocenters. The van der Waals surface area contributed by atoms with Crippen LogP contribution in [0.3, 0.4) is 0 Å². The van der Waals surface area contributed by atoms with Crippen molar-refractivity contribution in [3.63, 3.8) is 0 Å². The highest BCUT2D eigenvalue weighted by atomic mass is 32.2. The number of hydrogen-bond donors (Lipinski definition) is 1. The van der Waals surface area contributed by atoms with Gasteiger partial charge in [0.2, 0.25) is 0 Å². The van der Waals surface area contributed by atoms with E-state index in [1.54, 1.807) is 6.20 Å². The van der Waals surface area contributed by atoms with Crippen molar-refractivity contribution in [3.8, 4) is 0 Å².